The van der Waals surface area contributed by atoms with Crippen LogP contribution in [-0.4, -0.2) is 35.5 Å². The van der Waals surface area contributed by atoms with Gasteiger partial charge in [-0.3, -0.25) is 4.79 Å². The highest BCUT2D eigenvalue weighted by atomic mass is 16.3. The minimum Gasteiger partial charge on any atom is -0.378 e. The minimum atomic E-state index is -1.06. The summed E-state index contributed by atoms with van der Waals surface area (Å²) in [5.74, 6) is -0.224. The van der Waals surface area contributed by atoms with Crippen molar-refractivity contribution in [3.05, 3.63) is 35.9 Å². The molecular weight excluding hydrogens is 228 g/mol. The molecule has 1 aromatic carbocycles. The maximum absolute atomic E-state index is 12.2. The van der Waals surface area contributed by atoms with Gasteiger partial charge in [-0.25, -0.2) is 0 Å². The molecule has 98 valence electrons. The van der Waals surface area contributed by atoms with E-state index in [2.05, 4.69) is 6.92 Å². The maximum Gasteiger partial charge on any atom is 0.256 e. The molecule has 1 heterocycles. The van der Waals surface area contributed by atoms with Crippen molar-refractivity contribution in [2.24, 2.45) is 11.1 Å². The van der Waals surface area contributed by atoms with E-state index < -0.39 is 6.10 Å². The van der Waals surface area contributed by atoms with Crippen LogP contribution in [0, 0.1) is 5.41 Å². The van der Waals surface area contributed by atoms with Gasteiger partial charge in [0.1, 0.15) is 0 Å². The van der Waals surface area contributed by atoms with E-state index in [0.29, 0.717) is 25.2 Å². The zero-order valence-electron chi connectivity index (χ0n) is 10.7. The number of carbonyl (C=O) groups is 1. The fraction of sp³-hybridized carbons (Fsp3) is 0.500. The van der Waals surface area contributed by atoms with Crippen molar-refractivity contribution in [2.75, 3.05) is 19.6 Å². The third-order valence-corrected chi connectivity index (χ3v) is 3.71. The van der Waals surface area contributed by atoms with Gasteiger partial charge < -0.3 is 15.7 Å². The summed E-state index contributed by atoms with van der Waals surface area (Å²) >= 11 is 0. The molecule has 0 radical (unpaired) electrons. The van der Waals surface area contributed by atoms with Gasteiger partial charge in [0.2, 0.25) is 0 Å². The first-order chi connectivity index (χ1) is 8.56. The Kier molecular flexibility index (Phi) is 3.68. The number of rotatable bonds is 3. The van der Waals surface area contributed by atoms with Crippen molar-refractivity contribution in [1.29, 1.82) is 0 Å². The van der Waals surface area contributed by atoms with Crippen LogP contribution in [0.5, 0.6) is 0 Å². The second kappa shape index (κ2) is 5.08. The van der Waals surface area contributed by atoms with Gasteiger partial charge in [-0.15, -0.1) is 0 Å². The Labute approximate surface area is 107 Å². The number of hydrogen-bond acceptors (Lipinski definition) is 3. The Morgan fingerprint density at radius 3 is 2.72 bits per heavy atom. The Hall–Kier alpha value is -1.39. The van der Waals surface area contributed by atoms with Crippen LogP contribution in [0.4, 0.5) is 0 Å². The number of aliphatic hydroxyl groups is 1. The van der Waals surface area contributed by atoms with E-state index in [1.165, 1.54) is 0 Å². The zero-order valence-corrected chi connectivity index (χ0v) is 10.7. The lowest BCUT2D eigenvalue weighted by Crippen LogP contribution is -2.37. The fourth-order valence-electron chi connectivity index (χ4n) is 2.33. The second-order valence-corrected chi connectivity index (χ2v) is 5.34. The number of carbonyl (C=O) groups excluding carboxylic acids is 1. The molecule has 1 aliphatic rings. The molecule has 3 N–H and O–H groups in total. The summed E-state index contributed by atoms with van der Waals surface area (Å²) in [6, 6.07) is 9.03. The minimum absolute atomic E-state index is 0.00787. The van der Waals surface area contributed by atoms with Crippen LogP contribution >= 0.6 is 0 Å². The lowest BCUT2D eigenvalue weighted by Gasteiger charge is -2.24. The second-order valence-electron chi connectivity index (χ2n) is 5.34. The van der Waals surface area contributed by atoms with Crippen LogP contribution in [0.2, 0.25) is 0 Å². The molecule has 1 aromatic rings. The summed E-state index contributed by atoms with van der Waals surface area (Å²) in [5, 5.41) is 10.1. The monoisotopic (exact) mass is 248 g/mol. The highest BCUT2D eigenvalue weighted by molar-refractivity contribution is 5.82. The van der Waals surface area contributed by atoms with Crippen LogP contribution in [-0.2, 0) is 4.79 Å². The Morgan fingerprint density at radius 1 is 1.50 bits per heavy atom. The number of benzene rings is 1. The summed E-state index contributed by atoms with van der Waals surface area (Å²) in [7, 11) is 0. The van der Waals surface area contributed by atoms with Gasteiger partial charge in [-0.1, -0.05) is 37.3 Å². The van der Waals surface area contributed by atoms with Crippen LogP contribution < -0.4 is 5.73 Å². The molecule has 0 bridgehead atoms. The lowest BCUT2D eigenvalue weighted by molar-refractivity contribution is -0.139. The van der Waals surface area contributed by atoms with Crippen molar-refractivity contribution in [2.45, 2.75) is 19.4 Å². The number of amides is 1. The van der Waals surface area contributed by atoms with E-state index >= 15 is 0 Å². The van der Waals surface area contributed by atoms with Gasteiger partial charge >= 0.3 is 0 Å². The molecule has 1 amide bonds. The van der Waals surface area contributed by atoms with Crippen molar-refractivity contribution >= 4 is 5.91 Å². The molecule has 2 atom stereocenters. The maximum atomic E-state index is 12.2. The molecule has 0 aromatic heterocycles. The van der Waals surface area contributed by atoms with Crippen LogP contribution in [0.3, 0.4) is 0 Å². The first-order valence-corrected chi connectivity index (χ1v) is 6.28. The molecule has 1 saturated heterocycles. The van der Waals surface area contributed by atoms with Crippen molar-refractivity contribution < 1.29 is 9.90 Å². The third-order valence-electron chi connectivity index (χ3n) is 3.71. The molecule has 0 aliphatic carbocycles. The fourth-order valence-corrected chi connectivity index (χ4v) is 2.33. The number of hydrogen-bond donors (Lipinski definition) is 2. The van der Waals surface area contributed by atoms with Crippen molar-refractivity contribution in [3.63, 3.8) is 0 Å². The molecule has 1 aliphatic heterocycles. The normalized spacial score (nSPS) is 25.2. The van der Waals surface area contributed by atoms with Gasteiger partial charge in [0.15, 0.2) is 6.10 Å². The summed E-state index contributed by atoms with van der Waals surface area (Å²) in [6.45, 7) is 3.95. The van der Waals surface area contributed by atoms with Crippen LogP contribution in [0.25, 0.3) is 0 Å². The average Bonchev–Trinajstić information content (AvgIpc) is 2.81. The topological polar surface area (TPSA) is 66.6 Å². The summed E-state index contributed by atoms with van der Waals surface area (Å²) in [6.07, 6.45) is -0.164. The zero-order chi connectivity index (χ0) is 13.2. The Morgan fingerprint density at radius 2 is 2.17 bits per heavy atom. The molecule has 2 rings (SSSR count). The number of nitrogens with zero attached hydrogens (tertiary/aromatic N) is 1. The lowest BCUT2D eigenvalue weighted by atomic mass is 9.90. The van der Waals surface area contributed by atoms with E-state index in [-0.39, 0.29) is 11.3 Å². The summed E-state index contributed by atoms with van der Waals surface area (Å²) < 4.78 is 0. The molecule has 0 spiro atoms. The van der Waals surface area contributed by atoms with Crippen molar-refractivity contribution in [3.8, 4) is 0 Å². The molecule has 4 nitrogen and oxygen atoms in total. The van der Waals surface area contributed by atoms with Gasteiger partial charge in [-0.05, 0) is 23.9 Å². The van der Waals surface area contributed by atoms with Gasteiger partial charge in [-0.2, -0.15) is 0 Å². The van der Waals surface area contributed by atoms with Gasteiger partial charge in [0, 0.05) is 13.1 Å². The molecule has 1 fully saturated rings. The van der Waals surface area contributed by atoms with Gasteiger partial charge in [0.25, 0.3) is 5.91 Å². The Balaban J connectivity index is 2.05. The van der Waals surface area contributed by atoms with E-state index in [1.807, 2.05) is 18.2 Å². The smallest absolute Gasteiger partial charge is 0.256 e. The first-order valence-electron chi connectivity index (χ1n) is 6.28. The highest BCUT2D eigenvalue weighted by Gasteiger charge is 2.36. The van der Waals surface area contributed by atoms with Gasteiger partial charge in [0.05, 0.1) is 0 Å². The summed E-state index contributed by atoms with van der Waals surface area (Å²) in [4.78, 5) is 13.9. The number of nitrogens with two attached hydrogens (primary N) is 1. The largest absolute Gasteiger partial charge is 0.378 e. The number of likely N-dealkylation sites (tertiary alicyclic amines) is 1. The van der Waals surface area contributed by atoms with E-state index in [1.54, 1.807) is 17.0 Å². The SMILES string of the molecule is CC1(CN)CCN(C(=O)C(O)c2ccccc2)C1. The molecule has 18 heavy (non-hydrogen) atoms. The number of aliphatic hydroxyl groups excluding tert-OH is 1. The quantitative estimate of drug-likeness (QED) is 0.836. The third kappa shape index (κ3) is 2.54. The average molecular weight is 248 g/mol. The molecular formula is C14H20N2O2. The predicted octanol–water partition coefficient (Wildman–Crippen LogP) is 0.917. The highest BCUT2D eigenvalue weighted by Crippen LogP contribution is 2.30. The van der Waals surface area contributed by atoms with E-state index in [4.69, 9.17) is 5.73 Å². The molecule has 0 saturated carbocycles. The standard InChI is InChI=1S/C14H20N2O2/c1-14(9-15)7-8-16(10-14)13(18)12(17)11-5-3-2-4-6-11/h2-6,12,17H,7-10,15H2,1H3. The first kappa shape index (κ1) is 13.1. The molecule has 4 heteroatoms. The molecule has 2 unspecified atom stereocenters. The van der Waals surface area contributed by atoms with E-state index in [0.717, 1.165) is 6.42 Å². The van der Waals surface area contributed by atoms with Crippen LogP contribution in [0.1, 0.15) is 25.0 Å². The van der Waals surface area contributed by atoms with E-state index in [9.17, 15) is 9.90 Å². The van der Waals surface area contributed by atoms with Crippen LogP contribution in [0.15, 0.2) is 30.3 Å². The Bertz CT molecular complexity index is 421. The predicted molar refractivity (Wildman–Crippen MR) is 69.8 cm³/mol. The summed E-state index contributed by atoms with van der Waals surface area (Å²) in [5.41, 5.74) is 6.35. The van der Waals surface area contributed by atoms with Crippen molar-refractivity contribution in [1.82, 2.24) is 4.90 Å².